The van der Waals surface area contributed by atoms with Crippen LogP contribution < -0.4 is 28.9 Å². The van der Waals surface area contributed by atoms with E-state index in [0.29, 0.717) is 23.8 Å². The average molecular weight is 345 g/mol. The van der Waals surface area contributed by atoms with Gasteiger partial charge in [0.1, 0.15) is 12.4 Å². The van der Waals surface area contributed by atoms with Gasteiger partial charge in [-0.3, -0.25) is 4.79 Å². The van der Waals surface area contributed by atoms with Crippen LogP contribution >= 0.6 is 20.2 Å². The molecule has 2 aromatic carbocycles. The molecule has 0 fully saturated rings. The number of carbonyl (C=O) groups is 1. The van der Waals surface area contributed by atoms with Gasteiger partial charge in [0.05, 0.1) is 11.6 Å². The average Bonchev–Trinajstić information content (AvgIpc) is 2.49. The van der Waals surface area contributed by atoms with Gasteiger partial charge in [-0.25, -0.2) is 0 Å². The van der Waals surface area contributed by atoms with Crippen LogP contribution in [0.1, 0.15) is 17.3 Å². The summed E-state index contributed by atoms with van der Waals surface area (Å²) in [6.45, 7) is 2.96. The number of methoxy groups -OCH3 is 1. The molecule has 2 rings (SSSR count). The summed E-state index contributed by atoms with van der Waals surface area (Å²) >= 11 is 6.14. The van der Waals surface area contributed by atoms with E-state index in [0.717, 1.165) is 16.6 Å². The van der Waals surface area contributed by atoms with Gasteiger partial charge in [0, 0.05) is 12.7 Å². The quantitative estimate of drug-likeness (QED) is 0.426. The van der Waals surface area contributed by atoms with E-state index >= 15 is 0 Å². The third kappa shape index (κ3) is 5.96. The van der Waals surface area contributed by atoms with E-state index in [2.05, 4.69) is 0 Å². The third-order valence-electron chi connectivity index (χ3n) is 3.12. The number of aryl methyl sites for hydroxylation is 1. The first-order valence-corrected chi connectivity index (χ1v) is 8.28. The Labute approximate surface area is 157 Å². The zero-order valence-electron chi connectivity index (χ0n) is 14.6. The molecule has 0 aliphatic carbocycles. The summed E-state index contributed by atoms with van der Waals surface area (Å²) < 4.78 is 10.4. The Balaban J connectivity index is 0.00000264. The van der Waals surface area contributed by atoms with E-state index in [9.17, 15) is 4.79 Å². The summed E-state index contributed by atoms with van der Waals surface area (Å²) in [5, 5.41) is 1.47. The number of halogens is 1. The van der Waals surface area contributed by atoms with Gasteiger partial charge < -0.3 is 10.9 Å². The number of hydrogen-bond donors (Lipinski definition) is 0. The normalized spacial score (nSPS) is 10.6. The van der Waals surface area contributed by atoms with Gasteiger partial charge in [0.25, 0.3) is 0 Å². The van der Waals surface area contributed by atoms with E-state index in [1.165, 1.54) is 0 Å². The summed E-state index contributed by atoms with van der Waals surface area (Å²) in [7, 11) is 1.68. The van der Waals surface area contributed by atoms with E-state index in [4.69, 9.17) is 21.1 Å². The van der Waals surface area contributed by atoms with Crippen LogP contribution in [0, 0.1) is 6.92 Å². The fourth-order valence-electron chi connectivity index (χ4n) is 1.99. The van der Waals surface area contributed by atoms with Gasteiger partial charge in [-0.05, 0) is 44.6 Å². The van der Waals surface area contributed by atoms with Crippen molar-refractivity contribution >= 4 is 31.0 Å². The molecule has 0 aromatic heterocycles. The topological polar surface area (TPSA) is 35.5 Å². The van der Waals surface area contributed by atoms with Crippen LogP contribution in [0.2, 0.25) is 5.02 Å². The molecule has 0 heterocycles. The number of carbonyl (C=O) groups excluding carboxylic acids is 1. The van der Waals surface area contributed by atoms with Crippen molar-refractivity contribution in [3.05, 3.63) is 58.6 Å². The van der Waals surface area contributed by atoms with Gasteiger partial charge in [-0.15, -0.1) is 0 Å². The number of rotatable bonds is 7. The SMILES string of the molecule is COCCOc1ccc(PC(=O)c2c(C)cccc2Cl)cc1.[H-].[Li+]. The maximum atomic E-state index is 12.4. The third-order valence-corrected chi connectivity index (χ3v) is 4.53. The maximum Gasteiger partial charge on any atom is 1.00 e. The van der Waals surface area contributed by atoms with Crippen molar-refractivity contribution in [2.75, 3.05) is 20.3 Å². The fourth-order valence-corrected chi connectivity index (χ4v) is 3.43. The number of benzene rings is 2. The Morgan fingerprint density at radius 2 is 1.87 bits per heavy atom. The Morgan fingerprint density at radius 1 is 1.17 bits per heavy atom. The van der Waals surface area contributed by atoms with Crippen molar-refractivity contribution in [1.29, 1.82) is 0 Å². The van der Waals surface area contributed by atoms with Crippen LogP contribution in [0.4, 0.5) is 0 Å². The smallest absolute Gasteiger partial charge is 1.00 e. The largest absolute Gasteiger partial charge is 1.00 e. The predicted molar refractivity (Wildman–Crippen MR) is 93.4 cm³/mol. The van der Waals surface area contributed by atoms with Crippen LogP contribution in [0.25, 0.3) is 0 Å². The van der Waals surface area contributed by atoms with Crippen LogP contribution in [-0.2, 0) is 4.74 Å². The van der Waals surface area contributed by atoms with Crippen molar-refractivity contribution in [3.8, 4) is 5.75 Å². The molecular weight excluding hydrogens is 326 g/mol. The van der Waals surface area contributed by atoms with Crippen molar-refractivity contribution in [3.63, 3.8) is 0 Å². The second kappa shape index (κ2) is 10.1. The molecule has 118 valence electrons. The van der Waals surface area contributed by atoms with E-state index < -0.39 is 0 Å². The summed E-state index contributed by atoms with van der Waals surface area (Å²) in [5.74, 6) is 0.770. The second-order valence-corrected chi connectivity index (χ2v) is 6.44. The minimum atomic E-state index is 0. The molecule has 0 N–H and O–H groups in total. The molecule has 0 saturated heterocycles. The first kappa shape index (κ1) is 20.2. The molecule has 6 heteroatoms. The maximum absolute atomic E-state index is 12.4. The zero-order chi connectivity index (χ0) is 15.9. The molecule has 2 aromatic rings. The molecule has 3 nitrogen and oxygen atoms in total. The minimum absolute atomic E-state index is 0. The van der Waals surface area contributed by atoms with Crippen LogP contribution in [0.15, 0.2) is 42.5 Å². The Morgan fingerprint density at radius 3 is 2.48 bits per heavy atom. The first-order valence-electron chi connectivity index (χ1n) is 6.90. The van der Waals surface area contributed by atoms with Crippen molar-refractivity contribution in [2.45, 2.75) is 6.92 Å². The van der Waals surface area contributed by atoms with Crippen molar-refractivity contribution in [2.24, 2.45) is 0 Å². The second-order valence-electron chi connectivity index (χ2n) is 4.75. The van der Waals surface area contributed by atoms with Gasteiger partial charge in [0.15, 0.2) is 5.52 Å². The van der Waals surface area contributed by atoms with Gasteiger partial charge in [-0.1, -0.05) is 35.9 Å². The van der Waals surface area contributed by atoms with Crippen LogP contribution in [0.5, 0.6) is 5.75 Å². The van der Waals surface area contributed by atoms with Crippen molar-refractivity contribution in [1.82, 2.24) is 0 Å². The molecule has 0 saturated carbocycles. The molecule has 1 unspecified atom stereocenters. The molecule has 0 aliphatic rings. The molecule has 1 atom stereocenters. The summed E-state index contributed by atoms with van der Waals surface area (Å²) in [6, 6.07) is 13.0. The van der Waals surface area contributed by atoms with Crippen LogP contribution in [0.3, 0.4) is 0 Å². The number of hydrogen-bond acceptors (Lipinski definition) is 3. The molecule has 0 amide bonds. The summed E-state index contributed by atoms with van der Waals surface area (Å²) in [6.07, 6.45) is 0. The zero-order valence-corrected chi connectivity index (χ0v) is 15.3. The van der Waals surface area contributed by atoms with E-state index in [-0.39, 0.29) is 34.4 Å². The molecule has 23 heavy (non-hydrogen) atoms. The molecule has 0 spiro atoms. The summed E-state index contributed by atoms with van der Waals surface area (Å²) in [4.78, 5) is 12.4. The molecule has 0 bridgehead atoms. The monoisotopic (exact) mass is 344 g/mol. The Hall–Kier alpha value is -0.813. The fraction of sp³-hybridized carbons (Fsp3) is 0.235. The first-order chi connectivity index (χ1) is 10.6. The molecular formula is C17H19ClLiO3P. The minimum Gasteiger partial charge on any atom is -1.00 e. The van der Waals surface area contributed by atoms with E-state index in [1.807, 2.05) is 43.3 Å². The predicted octanol–water partition coefficient (Wildman–Crippen LogP) is 0.934. The Bertz CT molecular complexity index is 633. The number of ether oxygens (including phenoxy) is 2. The molecule has 0 radical (unpaired) electrons. The van der Waals surface area contributed by atoms with Gasteiger partial charge in [-0.2, -0.15) is 0 Å². The van der Waals surface area contributed by atoms with Crippen LogP contribution in [-0.4, -0.2) is 25.8 Å². The van der Waals surface area contributed by atoms with Crippen molar-refractivity contribution < 1.29 is 34.6 Å². The summed E-state index contributed by atoms with van der Waals surface area (Å²) in [5.41, 5.74) is 1.57. The Kier molecular flexibility index (Phi) is 8.92. The molecule has 0 aliphatic heterocycles. The van der Waals surface area contributed by atoms with Gasteiger partial charge in [0.2, 0.25) is 0 Å². The standard InChI is InChI=1S/C17H18ClO3P.Li.H/c1-12-4-3-5-15(18)16(12)17(19)22-14-8-6-13(7-9-14)21-11-10-20-2;;/h3-9,22H,10-11H2,1-2H3;;/q;+1;-1. The van der Waals surface area contributed by atoms with E-state index in [1.54, 1.807) is 13.2 Å². The van der Waals surface area contributed by atoms with Gasteiger partial charge >= 0.3 is 18.9 Å².